The molecule has 1 heterocycles. The second-order valence-corrected chi connectivity index (χ2v) is 5.05. The third kappa shape index (κ3) is 2.96. The van der Waals surface area contributed by atoms with E-state index < -0.39 is 0 Å². The molecular formula is C14H18N2O4. The predicted octanol–water partition coefficient (Wildman–Crippen LogP) is 0.779. The maximum absolute atomic E-state index is 11.7. The highest BCUT2D eigenvalue weighted by atomic mass is 16.7. The molecule has 1 aromatic rings. The lowest BCUT2D eigenvalue weighted by molar-refractivity contribution is -0.123. The molecule has 0 aromatic heterocycles. The van der Waals surface area contributed by atoms with E-state index in [4.69, 9.17) is 19.9 Å². The zero-order chi connectivity index (χ0) is 13.9. The van der Waals surface area contributed by atoms with Gasteiger partial charge < -0.3 is 25.3 Å². The van der Waals surface area contributed by atoms with Crippen LogP contribution in [-0.2, 0) is 11.3 Å². The number of nitrogens with one attached hydrogen (secondary N) is 1. The van der Waals surface area contributed by atoms with Crippen LogP contribution in [0.5, 0.6) is 17.2 Å². The molecule has 1 aliphatic heterocycles. The van der Waals surface area contributed by atoms with E-state index in [0.29, 0.717) is 29.7 Å². The van der Waals surface area contributed by atoms with Crippen molar-refractivity contribution in [2.75, 3.05) is 19.9 Å². The summed E-state index contributed by atoms with van der Waals surface area (Å²) in [5.74, 6) is 2.39. The summed E-state index contributed by atoms with van der Waals surface area (Å²) in [4.78, 5) is 11.7. The summed E-state index contributed by atoms with van der Waals surface area (Å²) < 4.78 is 16.1. The van der Waals surface area contributed by atoms with Crippen LogP contribution in [0, 0.1) is 5.92 Å². The van der Waals surface area contributed by atoms with Gasteiger partial charge in [0.05, 0.1) is 0 Å². The number of amides is 1. The number of ether oxygens (including phenoxy) is 3. The average molecular weight is 278 g/mol. The molecule has 2 aliphatic rings. The van der Waals surface area contributed by atoms with Crippen molar-refractivity contribution in [3.63, 3.8) is 0 Å². The molecule has 0 saturated heterocycles. The Kier molecular flexibility index (Phi) is 3.64. The lowest BCUT2D eigenvalue weighted by Crippen LogP contribution is -2.30. The third-order valence-corrected chi connectivity index (χ3v) is 3.42. The molecule has 108 valence electrons. The smallest absolute Gasteiger partial charge is 0.257 e. The minimum Gasteiger partial charge on any atom is -0.483 e. The topological polar surface area (TPSA) is 82.8 Å². The molecule has 0 radical (unpaired) electrons. The van der Waals surface area contributed by atoms with Crippen LogP contribution in [0.2, 0.25) is 0 Å². The van der Waals surface area contributed by atoms with Crippen molar-refractivity contribution < 1.29 is 19.0 Å². The fourth-order valence-corrected chi connectivity index (χ4v) is 2.03. The first-order valence-electron chi connectivity index (χ1n) is 6.78. The van der Waals surface area contributed by atoms with Crippen molar-refractivity contribution >= 4 is 5.91 Å². The van der Waals surface area contributed by atoms with Crippen molar-refractivity contribution in [3.8, 4) is 17.2 Å². The fraction of sp³-hybridized carbons (Fsp3) is 0.500. The number of rotatable bonds is 6. The molecule has 6 heteroatoms. The highest BCUT2D eigenvalue weighted by molar-refractivity contribution is 5.77. The molecule has 1 saturated carbocycles. The molecule has 20 heavy (non-hydrogen) atoms. The number of nitrogens with two attached hydrogens (primary N) is 1. The van der Waals surface area contributed by atoms with Gasteiger partial charge in [0.15, 0.2) is 18.1 Å². The number of carbonyl (C=O) groups excluding carboxylic acids is 1. The van der Waals surface area contributed by atoms with Gasteiger partial charge in [0.2, 0.25) is 6.79 Å². The molecule has 0 bridgehead atoms. The SMILES string of the molecule is NCc1cc2c(cc1OCC(=O)NCC1CC1)OCO2. The summed E-state index contributed by atoms with van der Waals surface area (Å²) in [5.41, 5.74) is 6.48. The molecule has 1 amide bonds. The van der Waals surface area contributed by atoms with Gasteiger partial charge in [-0.3, -0.25) is 4.79 Å². The van der Waals surface area contributed by atoms with E-state index in [1.165, 1.54) is 12.8 Å². The van der Waals surface area contributed by atoms with Crippen molar-refractivity contribution in [3.05, 3.63) is 17.7 Å². The molecule has 1 aromatic carbocycles. The van der Waals surface area contributed by atoms with Crippen molar-refractivity contribution in [1.82, 2.24) is 5.32 Å². The average Bonchev–Trinajstić information content (AvgIpc) is 3.18. The highest BCUT2D eigenvalue weighted by Gasteiger charge is 2.22. The van der Waals surface area contributed by atoms with Gasteiger partial charge in [-0.05, 0) is 24.8 Å². The number of hydrogen-bond acceptors (Lipinski definition) is 5. The van der Waals surface area contributed by atoms with Crippen LogP contribution in [0.15, 0.2) is 12.1 Å². The number of fused-ring (bicyclic) bond motifs is 1. The van der Waals surface area contributed by atoms with Crippen molar-refractivity contribution in [2.45, 2.75) is 19.4 Å². The monoisotopic (exact) mass is 278 g/mol. The predicted molar refractivity (Wildman–Crippen MR) is 71.7 cm³/mol. The molecule has 1 aliphatic carbocycles. The molecule has 0 unspecified atom stereocenters. The van der Waals surface area contributed by atoms with Gasteiger partial charge in [0, 0.05) is 24.7 Å². The van der Waals surface area contributed by atoms with E-state index in [9.17, 15) is 4.79 Å². The molecule has 6 nitrogen and oxygen atoms in total. The van der Waals surface area contributed by atoms with E-state index in [2.05, 4.69) is 5.32 Å². The van der Waals surface area contributed by atoms with Crippen LogP contribution in [0.4, 0.5) is 0 Å². The number of benzene rings is 1. The van der Waals surface area contributed by atoms with Gasteiger partial charge in [-0.2, -0.15) is 0 Å². The van der Waals surface area contributed by atoms with Gasteiger partial charge in [-0.25, -0.2) is 0 Å². The van der Waals surface area contributed by atoms with Crippen LogP contribution < -0.4 is 25.3 Å². The van der Waals surface area contributed by atoms with Crippen LogP contribution >= 0.6 is 0 Å². The van der Waals surface area contributed by atoms with Gasteiger partial charge >= 0.3 is 0 Å². The highest BCUT2D eigenvalue weighted by Crippen LogP contribution is 2.38. The fourth-order valence-electron chi connectivity index (χ4n) is 2.03. The van der Waals surface area contributed by atoms with E-state index in [1.807, 2.05) is 0 Å². The molecule has 0 spiro atoms. The van der Waals surface area contributed by atoms with Gasteiger partial charge in [0.1, 0.15) is 5.75 Å². The van der Waals surface area contributed by atoms with Gasteiger partial charge in [-0.1, -0.05) is 0 Å². The van der Waals surface area contributed by atoms with Gasteiger partial charge in [-0.15, -0.1) is 0 Å². The molecule has 3 N–H and O–H groups in total. The maximum atomic E-state index is 11.7. The standard InChI is InChI=1S/C14H18N2O4/c15-5-10-3-12-13(20-8-19-12)4-11(10)18-7-14(17)16-6-9-1-2-9/h3-4,9H,1-2,5-8,15H2,(H,16,17). The normalized spacial score (nSPS) is 16.1. The summed E-state index contributed by atoms with van der Waals surface area (Å²) in [7, 11) is 0. The summed E-state index contributed by atoms with van der Waals surface area (Å²) in [5, 5.41) is 2.85. The first kappa shape index (κ1) is 13.1. The second kappa shape index (κ2) is 5.58. The minimum absolute atomic E-state index is 0.0145. The Hall–Kier alpha value is -1.95. The largest absolute Gasteiger partial charge is 0.483 e. The quantitative estimate of drug-likeness (QED) is 0.803. The Bertz CT molecular complexity index is 514. The van der Waals surface area contributed by atoms with E-state index in [-0.39, 0.29) is 19.3 Å². The van der Waals surface area contributed by atoms with Crippen LogP contribution in [0.25, 0.3) is 0 Å². The van der Waals surface area contributed by atoms with Crippen molar-refractivity contribution in [1.29, 1.82) is 0 Å². The zero-order valence-electron chi connectivity index (χ0n) is 11.2. The van der Waals surface area contributed by atoms with Gasteiger partial charge in [0.25, 0.3) is 5.91 Å². The maximum Gasteiger partial charge on any atom is 0.257 e. The Labute approximate surface area is 117 Å². The van der Waals surface area contributed by atoms with Crippen LogP contribution in [-0.4, -0.2) is 25.9 Å². The summed E-state index contributed by atoms with van der Waals surface area (Å²) in [6.07, 6.45) is 2.42. The van der Waals surface area contributed by atoms with Crippen LogP contribution in [0.3, 0.4) is 0 Å². The van der Waals surface area contributed by atoms with Crippen molar-refractivity contribution in [2.24, 2.45) is 11.7 Å². The third-order valence-electron chi connectivity index (χ3n) is 3.42. The van der Waals surface area contributed by atoms with E-state index in [0.717, 1.165) is 12.1 Å². The Morgan fingerprint density at radius 2 is 2.10 bits per heavy atom. The number of hydrogen-bond donors (Lipinski definition) is 2. The van der Waals surface area contributed by atoms with E-state index in [1.54, 1.807) is 12.1 Å². The molecule has 0 atom stereocenters. The molecular weight excluding hydrogens is 260 g/mol. The lowest BCUT2D eigenvalue weighted by atomic mass is 10.2. The summed E-state index contributed by atoms with van der Waals surface area (Å²) in [6.45, 7) is 1.24. The zero-order valence-corrected chi connectivity index (χ0v) is 11.2. The minimum atomic E-state index is -0.113. The molecule has 3 rings (SSSR count). The summed E-state index contributed by atoms with van der Waals surface area (Å²) >= 11 is 0. The Balaban J connectivity index is 1.59. The molecule has 1 fully saturated rings. The Morgan fingerprint density at radius 3 is 2.80 bits per heavy atom. The van der Waals surface area contributed by atoms with E-state index >= 15 is 0 Å². The number of carbonyl (C=O) groups is 1. The Morgan fingerprint density at radius 1 is 1.35 bits per heavy atom. The first-order chi connectivity index (χ1) is 9.76. The first-order valence-corrected chi connectivity index (χ1v) is 6.78. The second-order valence-electron chi connectivity index (χ2n) is 5.05. The van der Waals surface area contributed by atoms with Crippen LogP contribution in [0.1, 0.15) is 18.4 Å². The lowest BCUT2D eigenvalue weighted by Gasteiger charge is -2.11. The summed E-state index contributed by atoms with van der Waals surface area (Å²) in [6, 6.07) is 3.51.